The number of nitrogens with zero attached hydrogens (tertiary/aromatic N) is 1. The average Bonchev–Trinajstić information content (AvgIpc) is 2.51. The highest BCUT2D eigenvalue weighted by atomic mass is 16.1. The van der Waals surface area contributed by atoms with E-state index in [2.05, 4.69) is 24.3 Å². The fourth-order valence-corrected chi connectivity index (χ4v) is 1.88. The molecule has 130 valence electrons. The van der Waals surface area contributed by atoms with Gasteiger partial charge in [0, 0.05) is 11.1 Å². The third-order valence-corrected chi connectivity index (χ3v) is 3.24. The van der Waals surface area contributed by atoms with Crippen LogP contribution < -0.4 is 16.8 Å². The molecule has 0 aromatic heterocycles. The number of rotatable bonds is 9. The largest absolute Gasteiger partial charge is 0.366 e. The van der Waals surface area contributed by atoms with E-state index in [1.54, 1.807) is 0 Å². The maximum Gasteiger partial charge on any atom is 0.248 e. The molecule has 0 bridgehead atoms. The van der Waals surface area contributed by atoms with Gasteiger partial charge < -0.3 is 21.7 Å². The minimum atomic E-state index is -0.522. The standard InChI is InChI=1S/C9H22N2.C8H8N2O2/c1-10-8-6-4-5-7-9-11(2)3;9-7(11)5-1-2-6(4-3-5)8(10)12/h10H,4-9H2,1-3H3;1-4H,(H2,9,11)(H2,10,12). The van der Waals surface area contributed by atoms with Crippen LogP contribution in [-0.4, -0.2) is 50.9 Å². The molecule has 0 saturated carbocycles. The fourth-order valence-electron chi connectivity index (χ4n) is 1.88. The van der Waals surface area contributed by atoms with Crippen LogP contribution in [0, 0.1) is 0 Å². The normalized spacial score (nSPS) is 10.1. The Hall–Kier alpha value is -1.92. The summed E-state index contributed by atoms with van der Waals surface area (Å²) < 4.78 is 0. The summed E-state index contributed by atoms with van der Waals surface area (Å²) in [7, 11) is 6.28. The number of unbranched alkanes of at least 4 members (excludes halogenated alkanes) is 3. The summed E-state index contributed by atoms with van der Waals surface area (Å²) in [6.45, 7) is 2.40. The van der Waals surface area contributed by atoms with Gasteiger partial charge in [0.15, 0.2) is 0 Å². The molecule has 0 aliphatic heterocycles. The van der Waals surface area contributed by atoms with Gasteiger partial charge in [-0.3, -0.25) is 9.59 Å². The van der Waals surface area contributed by atoms with Gasteiger partial charge >= 0.3 is 0 Å². The molecular formula is C17H30N4O2. The molecule has 5 N–H and O–H groups in total. The number of amides is 2. The summed E-state index contributed by atoms with van der Waals surface area (Å²) >= 11 is 0. The molecule has 1 aromatic rings. The van der Waals surface area contributed by atoms with Crippen molar-refractivity contribution in [3.8, 4) is 0 Å². The van der Waals surface area contributed by atoms with Gasteiger partial charge in [-0.25, -0.2) is 0 Å². The second-order valence-corrected chi connectivity index (χ2v) is 5.63. The van der Waals surface area contributed by atoms with Gasteiger partial charge in [0.2, 0.25) is 11.8 Å². The maximum atomic E-state index is 10.6. The Morgan fingerprint density at radius 2 is 1.35 bits per heavy atom. The van der Waals surface area contributed by atoms with Crippen LogP contribution in [0.4, 0.5) is 0 Å². The molecule has 0 aliphatic carbocycles. The number of hydrogen-bond acceptors (Lipinski definition) is 4. The average molecular weight is 322 g/mol. The van der Waals surface area contributed by atoms with Gasteiger partial charge in [0.1, 0.15) is 0 Å². The first kappa shape index (κ1) is 21.1. The summed E-state index contributed by atoms with van der Waals surface area (Å²) in [5, 5.41) is 3.16. The summed E-state index contributed by atoms with van der Waals surface area (Å²) in [4.78, 5) is 23.4. The summed E-state index contributed by atoms with van der Waals surface area (Å²) in [6, 6.07) is 5.84. The Morgan fingerprint density at radius 1 is 0.913 bits per heavy atom. The Morgan fingerprint density at radius 3 is 1.70 bits per heavy atom. The molecule has 0 unspecified atom stereocenters. The van der Waals surface area contributed by atoms with Crippen LogP contribution in [0.15, 0.2) is 24.3 Å². The van der Waals surface area contributed by atoms with Crippen molar-refractivity contribution in [2.24, 2.45) is 11.5 Å². The number of nitrogens with two attached hydrogens (primary N) is 2. The van der Waals surface area contributed by atoms with Gasteiger partial charge in [0.05, 0.1) is 0 Å². The zero-order valence-electron chi connectivity index (χ0n) is 14.5. The van der Waals surface area contributed by atoms with Crippen molar-refractivity contribution in [3.05, 3.63) is 35.4 Å². The van der Waals surface area contributed by atoms with Gasteiger partial charge in [-0.05, 0) is 71.3 Å². The first-order valence-corrected chi connectivity index (χ1v) is 7.87. The molecular weight excluding hydrogens is 292 g/mol. The lowest BCUT2D eigenvalue weighted by molar-refractivity contribution is 0.0988. The maximum absolute atomic E-state index is 10.6. The topological polar surface area (TPSA) is 101 Å². The molecule has 2 amide bonds. The highest BCUT2D eigenvalue weighted by Crippen LogP contribution is 2.02. The number of carbonyl (C=O) groups is 2. The van der Waals surface area contributed by atoms with Gasteiger partial charge in [-0.2, -0.15) is 0 Å². The molecule has 0 saturated heterocycles. The predicted molar refractivity (Wildman–Crippen MR) is 94.4 cm³/mol. The lowest BCUT2D eigenvalue weighted by atomic mass is 10.1. The van der Waals surface area contributed by atoms with E-state index in [1.165, 1.54) is 63.0 Å². The second kappa shape index (κ2) is 12.6. The van der Waals surface area contributed by atoms with Crippen LogP contribution in [0.25, 0.3) is 0 Å². The minimum absolute atomic E-state index is 0.361. The molecule has 0 radical (unpaired) electrons. The summed E-state index contributed by atoms with van der Waals surface area (Å²) in [6.07, 6.45) is 5.41. The zero-order valence-corrected chi connectivity index (χ0v) is 14.5. The molecule has 0 aliphatic rings. The van der Waals surface area contributed by atoms with Crippen LogP contribution in [0.5, 0.6) is 0 Å². The molecule has 1 aromatic carbocycles. The fraction of sp³-hybridized carbons (Fsp3) is 0.529. The SMILES string of the molecule is CNCCCCCCN(C)C.NC(=O)c1ccc(C(N)=O)cc1. The van der Waals surface area contributed by atoms with Crippen LogP contribution in [0.1, 0.15) is 46.4 Å². The van der Waals surface area contributed by atoms with E-state index in [9.17, 15) is 9.59 Å². The molecule has 0 heterocycles. The van der Waals surface area contributed by atoms with Crippen LogP contribution in [-0.2, 0) is 0 Å². The van der Waals surface area contributed by atoms with E-state index in [-0.39, 0.29) is 0 Å². The van der Waals surface area contributed by atoms with Crippen molar-refractivity contribution in [2.45, 2.75) is 25.7 Å². The van der Waals surface area contributed by atoms with E-state index >= 15 is 0 Å². The molecule has 0 spiro atoms. The first-order chi connectivity index (χ1) is 10.9. The Bertz CT molecular complexity index is 425. The quantitative estimate of drug-likeness (QED) is 0.595. The Balaban J connectivity index is 0.000000423. The lowest BCUT2D eigenvalue weighted by Gasteiger charge is -2.08. The predicted octanol–water partition coefficient (Wildman–Crippen LogP) is 1.21. The number of carbonyl (C=O) groups excluding carboxylic acids is 2. The number of primary amides is 2. The van der Waals surface area contributed by atoms with Crippen molar-refractivity contribution < 1.29 is 9.59 Å². The smallest absolute Gasteiger partial charge is 0.248 e. The molecule has 0 fully saturated rings. The van der Waals surface area contributed by atoms with Crippen molar-refractivity contribution in [1.29, 1.82) is 0 Å². The third kappa shape index (κ3) is 11.3. The first-order valence-electron chi connectivity index (χ1n) is 7.87. The molecule has 6 heteroatoms. The lowest BCUT2D eigenvalue weighted by Crippen LogP contribution is -2.13. The second-order valence-electron chi connectivity index (χ2n) is 5.63. The van der Waals surface area contributed by atoms with Gasteiger partial charge in [0.25, 0.3) is 0 Å². The number of hydrogen-bond donors (Lipinski definition) is 3. The highest BCUT2D eigenvalue weighted by molar-refractivity contribution is 5.96. The molecule has 0 atom stereocenters. The van der Waals surface area contributed by atoms with Crippen molar-refractivity contribution in [1.82, 2.24) is 10.2 Å². The summed E-state index contributed by atoms with van der Waals surface area (Å²) in [5.74, 6) is -1.04. The summed E-state index contributed by atoms with van der Waals surface area (Å²) in [5.41, 5.74) is 10.7. The van der Waals surface area contributed by atoms with E-state index in [0.717, 1.165) is 0 Å². The minimum Gasteiger partial charge on any atom is -0.366 e. The Kier molecular flexibility index (Phi) is 11.6. The third-order valence-electron chi connectivity index (χ3n) is 3.24. The molecule has 1 rings (SSSR count). The van der Waals surface area contributed by atoms with Crippen molar-refractivity contribution in [3.63, 3.8) is 0 Å². The van der Waals surface area contributed by atoms with E-state index in [0.29, 0.717) is 11.1 Å². The molecule has 6 nitrogen and oxygen atoms in total. The monoisotopic (exact) mass is 322 g/mol. The Labute approximate surface area is 139 Å². The van der Waals surface area contributed by atoms with Crippen LogP contribution in [0.3, 0.4) is 0 Å². The van der Waals surface area contributed by atoms with Gasteiger partial charge in [-0.1, -0.05) is 12.8 Å². The van der Waals surface area contributed by atoms with E-state index < -0.39 is 11.8 Å². The highest BCUT2D eigenvalue weighted by Gasteiger charge is 2.02. The van der Waals surface area contributed by atoms with Crippen molar-refractivity contribution >= 4 is 11.8 Å². The van der Waals surface area contributed by atoms with Gasteiger partial charge in [-0.15, -0.1) is 0 Å². The van der Waals surface area contributed by atoms with E-state index in [1.807, 2.05) is 7.05 Å². The molecule has 23 heavy (non-hydrogen) atoms. The van der Waals surface area contributed by atoms with Crippen molar-refractivity contribution in [2.75, 3.05) is 34.2 Å². The van der Waals surface area contributed by atoms with E-state index in [4.69, 9.17) is 11.5 Å². The van der Waals surface area contributed by atoms with Crippen LogP contribution in [0.2, 0.25) is 0 Å². The number of benzene rings is 1. The van der Waals surface area contributed by atoms with Crippen LogP contribution >= 0.6 is 0 Å². The number of nitrogens with one attached hydrogen (secondary N) is 1. The zero-order chi connectivity index (χ0) is 17.7.